The highest BCUT2D eigenvalue weighted by molar-refractivity contribution is 7.13. The summed E-state index contributed by atoms with van der Waals surface area (Å²) in [6, 6.07) is 13.7. The molecule has 0 aliphatic carbocycles. The lowest BCUT2D eigenvalue weighted by molar-refractivity contribution is 0.416. The van der Waals surface area contributed by atoms with E-state index in [1.807, 2.05) is 41.8 Å². The Hall–Kier alpha value is -2.73. The standard InChI is InChI=1S/C16H12N4OS/c1-21-13-6-3-2-5-11(13)15-18-16-17-9-8-12(20(16)19-15)14-7-4-10-22-14/h2-10H,1H3. The van der Waals surface area contributed by atoms with Gasteiger partial charge in [-0.25, -0.2) is 4.98 Å². The fourth-order valence-corrected chi connectivity index (χ4v) is 3.08. The molecule has 0 radical (unpaired) electrons. The normalized spacial score (nSPS) is 11.0. The van der Waals surface area contributed by atoms with Crippen LogP contribution in [0.1, 0.15) is 0 Å². The van der Waals surface area contributed by atoms with Gasteiger partial charge in [0, 0.05) is 6.20 Å². The van der Waals surface area contributed by atoms with Crippen LogP contribution in [-0.2, 0) is 0 Å². The van der Waals surface area contributed by atoms with E-state index < -0.39 is 0 Å². The van der Waals surface area contributed by atoms with Gasteiger partial charge in [-0.2, -0.15) is 9.50 Å². The maximum atomic E-state index is 5.39. The maximum Gasteiger partial charge on any atom is 0.253 e. The van der Waals surface area contributed by atoms with Crippen LogP contribution in [0.4, 0.5) is 0 Å². The van der Waals surface area contributed by atoms with Gasteiger partial charge in [-0.3, -0.25) is 0 Å². The van der Waals surface area contributed by atoms with Crippen LogP contribution >= 0.6 is 11.3 Å². The number of para-hydroxylation sites is 1. The number of aromatic nitrogens is 4. The van der Waals surface area contributed by atoms with Crippen molar-refractivity contribution in [2.75, 3.05) is 7.11 Å². The largest absolute Gasteiger partial charge is 0.496 e. The molecule has 0 spiro atoms. The molecule has 3 aromatic heterocycles. The Morgan fingerprint density at radius 1 is 1.09 bits per heavy atom. The lowest BCUT2D eigenvalue weighted by Crippen LogP contribution is -1.94. The Bertz CT molecular complexity index is 930. The molecule has 108 valence electrons. The molecule has 0 aliphatic heterocycles. The van der Waals surface area contributed by atoms with Crippen LogP contribution in [-0.4, -0.2) is 26.7 Å². The van der Waals surface area contributed by atoms with Crippen LogP contribution in [0.2, 0.25) is 0 Å². The number of benzene rings is 1. The van der Waals surface area contributed by atoms with Gasteiger partial charge in [0.25, 0.3) is 5.78 Å². The first-order valence-electron chi connectivity index (χ1n) is 6.76. The Morgan fingerprint density at radius 3 is 2.82 bits per heavy atom. The molecule has 0 saturated heterocycles. The molecule has 5 nitrogen and oxygen atoms in total. The van der Waals surface area contributed by atoms with Crippen molar-refractivity contribution >= 4 is 17.1 Å². The number of rotatable bonds is 3. The monoisotopic (exact) mass is 308 g/mol. The second-order valence-electron chi connectivity index (χ2n) is 4.65. The molecule has 4 rings (SSSR count). The summed E-state index contributed by atoms with van der Waals surface area (Å²) in [7, 11) is 1.64. The van der Waals surface area contributed by atoms with E-state index in [0.29, 0.717) is 11.6 Å². The van der Waals surface area contributed by atoms with Crippen LogP contribution in [0.15, 0.2) is 54.0 Å². The summed E-state index contributed by atoms with van der Waals surface area (Å²) in [6.07, 6.45) is 1.76. The summed E-state index contributed by atoms with van der Waals surface area (Å²) in [4.78, 5) is 9.96. The summed E-state index contributed by atoms with van der Waals surface area (Å²) < 4.78 is 7.16. The fraction of sp³-hybridized carbons (Fsp3) is 0.0625. The molecule has 1 aromatic carbocycles. The Balaban J connectivity index is 1.93. The number of fused-ring (bicyclic) bond motifs is 1. The second kappa shape index (κ2) is 5.23. The Labute approximate surface area is 130 Å². The molecule has 0 N–H and O–H groups in total. The lowest BCUT2D eigenvalue weighted by Gasteiger charge is -2.03. The molecule has 0 fully saturated rings. The predicted octanol–water partition coefficient (Wildman–Crippen LogP) is 3.53. The van der Waals surface area contributed by atoms with Crippen molar-refractivity contribution in [3.63, 3.8) is 0 Å². The highest BCUT2D eigenvalue weighted by Gasteiger charge is 2.14. The predicted molar refractivity (Wildman–Crippen MR) is 86.1 cm³/mol. The van der Waals surface area contributed by atoms with Crippen LogP contribution in [0.5, 0.6) is 5.75 Å². The Morgan fingerprint density at radius 2 is 2.00 bits per heavy atom. The summed E-state index contributed by atoms with van der Waals surface area (Å²) in [5.41, 5.74) is 1.83. The van der Waals surface area contributed by atoms with E-state index in [1.54, 1.807) is 29.2 Å². The van der Waals surface area contributed by atoms with Crippen molar-refractivity contribution in [3.8, 4) is 27.7 Å². The molecule has 0 bridgehead atoms. The average molecular weight is 308 g/mol. The van der Waals surface area contributed by atoms with Gasteiger partial charge in [-0.15, -0.1) is 16.4 Å². The minimum Gasteiger partial charge on any atom is -0.496 e. The first-order chi connectivity index (χ1) is 10.9. The van der Waals surface area contributed by atoms with Gasteiger partial charge in [0.1, 0.15) is 5.75 Å². The number of thiophene rings is 1. The van der Waals surface area contributed by atoms with Crippen LogP contribution in [0.25, 0.3) is 27.7 Å². The molecule has 0 aliphatic rings. The highest BCUT2D eigenvalue weighted by atomic mass is 32.1. The van der Waals surface area contributed by atoms with Crippen molar-refractivity contribution in [2.24, 2.45) is 0 Å². The molecule has 22 heavy (non-hydrogen) atoms. The minimum atomic E-state index is 0.576. The number of methoxy groups -OCH3 is 1. The highest BCUT2D eigenvalue weighted by Crippen LogP contribution is 2.29. The third-order valence-corrected chi connectivity index (χ3v) is 4.25. The summed E-state index contributed by atoms with van der Waals surface area (Å²) in [6.45, 7) is 0. The molecular formula is C16H12N4OS. The second-order valence-corrected chi connectivity index (χ2v) is 5.60. The molecule has 0 atom stereocenters. The molecule has 0 unspecified atom stereocenters. The van der Waals surface area contributed by atoms with E-state index in [9.17, 15) is 0 Å². The maximum absolute atomic E-state index is 5.39. The number of nitrogens with zero attached hydrogens (tertiary/aromatic N) is 4. The van der Waals surface area contributed by atoms with Gasteiger partial charge in [0.15, 0.2) is 5.82 Å². The molecule has 6 heteroatoms. The number of hydrogen-bond acceptors (Lipinski definition) is 5. The van der Waals surface area contributed by atoms with E-state index in [2.05, 4.69) is 21.1 Å². The Kier molecular flexibility index (Phi) is 3.08. The number of ether oxygens (including phenoxy) is 1. The zero-order chi connectivity index (χ0) is 14.9. The third-order valence-electron chi connectivity index (χ3n) is 3.36. The molecule has 0 saturated carbocycles. The van der Waals surface area contributed by atoms with E-state index in [1.165, 1.54) is 0 Å². The topological polar surface area (TPSA) is 52.3 Å². The van der Waals surface area contributed by atoms with Gasteiger partial charge < -0.3 is 4.74 Å². The van der Waals surface area contributed by atoms with Crippen LogP contribution in [0, 0.1) is 0 Å². The molecule has 0 amide bonds. The summed E-state index contributed by atoms with van der Waals surface area (Å²) in [5, 5.41) is 6.66. The van der Waals surface area contributed by atoms with Crippen molar-refractivity contribution in [2.45, 2.75) is 0 Å². The third kappa shape index (κ3) is 2.05. The molecule has 3 heterocycles. The smallest absolute Gasteiger partial charge is 0.253 e. The first-order valence-corrected chi connectivity index (χ1v) is 7.64. The quantitative estimate of drug-likeness (QED) is 0.581. The van der Waals surface area contributed by atoms with Crippen LogP contribution < -0.4 is 4.74 Å². The fourth-order valence-electron chi connectivity index (χ4n) is 2.35. The summed E-state index contributed by atoms with van der Waals surface area (Å²) >= 11 is 1.66. The van der Waals surface area contributed by atoms with Gasteiger partial charge in [-0.05, 0) is 29.6 Å². The van der Waals surface area contributed by atoms with Crippen molar-refractivity contribution in [1.82, 2.24) is 19.6 Å². The number of hydrogen-bond donors (Lipinski definition) is 0. The minimum absolute atomic E-state index is 0.576. The zero-order valence-corrected chi connectivity index (χ0v) is 12.6. The van der Waals surface area contributed by atoms with Gasteiger partial charge in [0.2, 0.25) is 0 Å². The molecular weight excluding hydrogens is 296 g/mol. The van der Waals surface area contributed by atoms with Gasteiger partial charge in [-0.1, -0.05) is 18.2 Å². The average Bonchev–Trinajstić information content (AvgIpc) is 3.23. The van der Waals surface area contributed by atoms with E-state index in [0.717, 1.165) is 21.9 Å². The van der Waals surface area contributed by atoms with Crippen LogP contribution in [0.3, 0.4) is 0 Å². The van der Waals surface area contributed by atoms with Crippen molar-refractivity contribution in [1.29, 1.82) is 0 Å². The lowest BCUT2D eigenvalue weighted by atomic mass is 10.2. The van der Waals surface area contributed by atoms with E-state index in [-0.39, 0.29) is 0 Å². The van der Waals surface area contributed by atoms with E-state index >= 15 is 0 Å². The molecule has 4 aromatic rings. The SMILES string of the molecule is COc1ccccc1-c1nc2nccc(-c3cccs3)n2n1. The summed E-state index contributed by atoms with van der Waals surface area (Å²) in [5.74, 6) is 1.93. The van der Waals surface area contributed by atoms with Gasteiger partial charge in [0.05, 0.1) is 23.2 Å². The zero-order valence-electron chi connectivity index (χ0n) is 11.8. The van der Waals surface area contributed by atoms with Crippen molar-refractivity contribution in [3.05, 3.63) is 54.0 Å². The van der Waals surface area contributed by atoms with E-state index in [4.69, 9.17) is 4.74 Å². The first kappa shape index (κ1) is 13.0. The van der Waals surface area contributed by atoms with Crippen molar-refractivity contribution < 1.29 is 4.74 Å². The van der Waals surface area contributed by atoms with Gasteiger partial charge >= 0.3 is 0 Å².